The van der Waals surface area contributed by atoms with Gasteiger partial charge in [0.25, 0.3) is 5.91 Å². The number of aromatic nitrogens is 2. The summed E-state index contributed by atoms with van der Waals surface area (Å²) in [6.07, 6.45) is 3.10. The van der Waals surface area contributed by atoms with Crippen LogP contribution in [0, 0.1) is 6.92 Å². The molecule has 0 bridgehead atoms. The van der Waals surface area contributed by atoms with Gasteiger partial charge in [-0.05, 0) is 36.5 Å². The Bertz CT molecular complexity index is 994. The highest BCUT2D eigenvalue weighted by Gasteiger charge is 2.25. The number of amides is 1. The summed E-state index contributed by atoms with van der Waals surface area (Å²) in [6, 6.07) is 20.2. The molecule has 2 aromatic carbocycles. The second-order valence-electron chi connectivity index (χ2n) is 8.11. The van der Waals surface area contributed by atoms with Crippen LogP contribution in [-0.2, 0) is 16.1 Å². The van der Waals surface area contributed by atoms with Gasteiger partial charge in [0.1, 0.15) is 5.82 Å². The standard InChI is InChI=1S/C25H30N4O2/c1-19-8-6-7-11-21(19)18-28-16-13-22(14-17-28)29-23(12-15-26-29)27-25(30)24(31-2)20-9-4-3-5-10-20/h3-12,15,22,24H,13-14,16-18H2,1-2H3,(H,27,30)/t24-/m0/s1. The minimum Gasteiger partial charge on any atom is -0.367 e. The lowest BCUT2D eigenvalue weighted by molar-refractivity contribution is -0.126. The molecule has 6 nitrogen and oxygen atoms in total. The number of hydrogen-bond donors (Lipinski definition) is 1. The number of piperidine rings is 1. The molecule has 0 radical (unpaired) electrons. The number of benzene rings is 2. The van der Waals surface area contributed by atoms with Crippen LogP contribution in [0.4, 0.5) is 5.82 Å². The number of carbonyl (C=O) groups is 1. The van der Waals surface area contributed by atoms with Crippen LogP contribution in [0.2, 0.25) is 0 Å². The second-order valence-corrected chi connectivity index (χ2v) is 8.11. The minimum absolute atomic E-state index is 0.188. The van der Waals surface area contributed by atoms with Crippen molar-refractivity contribution in [3.05, 3.63) is 83.6 Å². The lowest BCUT2D eigenvalue weighted by Crippen LogP contribution is -2.35. The third-order valence-corrected chi connectivity index (χ3v) is 6.06. The number of hydrogen-bond acceptors (Lipinski definition) is 4. The normalized spacial score (nSPS) is 16.2. The monoisotopic (exact) mass is 418 g/mol. The first-order chi connectivity index (χ1) is 15.2. The number of nitrogens with zero attached hydrogens (tertiary/aromatic N) is 3. The van der Waals surface area contributed by atoms with Gasteiger partial charge < -0.3 is 10.1 Å². The SMILES string of the molecule is CO[C@H](C(=O)Nc1ccnn1C1CCN(Cc2ccccc2C)CC1)c1ccccc1. The van der Waals surface area contributed by atoms with Crippen molar-refractivity contribution in [1.82, 2.24) is 14.7 Å². The average Bonchev–Trinajstić information content (AvgIpc) is 3.25. The van der Waals surface area contributed by atoms with Gasteiger partial charge in [0.15, 0.2) is 6.10 Å². The molecule has 2 heterocycles. The van der Waals surface area contributed by atoms with Gasteiger partial charge in [0.05, 0.1) is 12.2 Å². The molecule has 1 fully saturated rings. The first-order valence-corrected chi connectivity index (χ1v) is 10.8. The second kappa shape index (κ2) is 9.90. The zero-order chi connectivity index (χ0) is 21.6. The van der Waals surface area contributed by atoms with Crippen molar-refractivity contribution in [2.45, 2.75) is 38.5 Å². The van der Waals surface area contributed by atoms with Gasteiger partial charge in [-0.3, -0.25) is 9.69 Å². The molecule has 1 amide bonds. The molecule has 3 aromatic rings. The van der Waals surface area contributed by atoms with Gasteiger partial charge >= 0.3 is 0 Å². The summed E-state index contributed by atoms with van der Waals surface area (Å²) < 4.78 is 7.42. The van der Waals surface area contributed by atoms with Crippen LogP contribution in [0.3, 0.4) is 0 Å². The van der Waals surface area contributed by atoms with Gasteiger partial charge in [-0.2, -0.15) is 5.10 Å². The number of carbonyl (C=O) groups excluding carboxylic acids is 1. The Morgan fingerprint density at radius 2 is 1.81 bits per heavy atom. The lowest BCUT2D eigenvalue weighted by atomic mass is 10.0. The number of rotatable bonds is 7. The number of nitrogens with one attached hydrogen (secondary N) is 1. The number of anilines is 1. The van der Waals surface area contributed by atoms with Crippen molar-refractivity contribution in [3.8, 4) is 0 Å². The molecule has 31 heavy (non-hydrogen) atoms. The van der Waals surface area contributed by atoms with E-state index >= 15 is 0 Å². The summed E-state index contributed by atoms with van der Waals surface area (Å²) in [5, 5.41) is 7.54. The number of likely N-dealkylation sites (tertiary alicyclic amines) is 1. The van der Waals surface area contributed by atoms with E-state index in [2.05, 4.69) is 46.5 Å². The first kappa shape index (κ1) is 21.3. The van der Waals surface area contributed by atoms with Crippen LogP contribution in [-0.4, -0.2) is 40.8 Å². The van der Waals surface area contributed by atoms with Gasteiger partial charge in [-0.1, -0.05) is 54.6 Å². The molecule has 1 aromatic heterocycles. The van der Waals surface area contributed by atoms with E-state index in [1.807, 2.05) is 41.1 Å². The van der Waals surface area contributed by atoms with E-state index in [4.69, 9.17) is 4.74 Å². The summed E-state index contributed by atoms with van der Waals surface area (Å²) in [5.74, 6) is 0.535. The van der Waals surface area contributed by atoms with E-state index in [-0.39, 0.29) is 11.9 Å². The summed E-state index contributed by atoms with van der Waals surface area (Å²) in [6.45, 7) is 5.17. The van der Waals surface area contributed by atoms with Crippen LogP contribution < -0.4 is 5.32 Å². The minimum atomic E-state index is -0.652. The molecule has 0 aliphatic carbocycles. The number of methoxy groups -OCH3 is 1. The van der Waals surface area contributed by atoms with Crippen LogP contribution in [0.25, 0.3) is 0 Å². The quantitative estimate of drug-likeness (QED) is 0.620. The largest absolute Gasteiger partial charge is 0.367 e. The van der Waals surface area contributed by atoms with Crippen molar-refractivity contribution in [2.75, 3.05) is 25.5 Å². The van der Waals surface area contributed by atoms with Crippen LogP contribution in [0.15, 0.2) is 66.9 Å². The van der Waals surface area contributed by atoms with Crippen molar-refractivity contribution in [3.63, 3.8) is 0 Å². The number of ether oxygens (including phenoxy) is 1. The maximum atomic E-state index is 12.9. The van der Waals surface area contributed by atoms with Crippen molar-refractivity contribution in [2.24, 2.45) is 0 Å². The predicted octanol–water partition coefficient (Wildman–Crippen LogP) is 4.35. The van der Waals surface area contributed by atoms with Crippen LogP contribution >= 0.6 is 0 Å². The molecule has 1 saturated heterocycles. The van der Waals surface area contributed by atoms with Crippen molar-refractivity contribution in [1.29, 1.82) is 0 Å². The highest BCUT2D eigenvalue weighted by molar-refractivity contribution is 5.94. The van der Waals surface area contributed by atoms with E-state index in [1.54, 1.807) is 13.3 Å². The molecular weight excluding hydrogens is 388 g/mol. The van der Waals surface area contributed by atoms with Gasteiger partial charge in [0, 0.05) is 32.8 Å². The van der Waals surface area contributed by atoms with Gasteiger partial charge in [0.2, 0.25) is 0 Å². The molecule has 1 N–H and O–H groups in total. The Morgan fingerprint density at radius 1 is 1.10 bits per heavy atom. The molecule has 0 unspecified atom stereocenters. The van der Waals surface area contributed by atoms with Crippen molar-refractivity contribution < 1.29 is 9.53 Å². The van der Waals surface area contributed by atoms with Crippen LogP contribution in [0.5, 0.6) is 0 Å². The third kappa shape index (κ3) is 5.03. The molecule has 1 aliphatic rings. The smallest absolute Gasteiger partial charge is 0.259 e. The Balaban J connectivity index is 1.38. The maximum Gasteiger partial charge on any atom is 0.259 e. The molecule has 1 aliphatic heterocycles. The Morgan fingerprint density at radius 3 is 2.52 bits per heavy atom. The Labute approximate surface area is 183 Å². The highest BCUT2D eigenvalue weighted by atomic mass is 16.5. The van der Waals surface area contributed by atoms with Crippen LogP contribution in [0.1, 0.15) is 41.7 Å². The van der Waals surface area contributed by atoms with Crippen molar-refractivity contribution >= 4 is 11.7 Å². The Hall–Kier alpha value is -2.96. The molecule has 162 valence electrons. The summed E-state index contributed by atoms with van der Waals surface area (Å²) in [5.41, 5.74) is 3.56. The van der Waals surface area contributed by atoms with E-state index < -0.39 is 6.10 Å². The fraction of sp³-hybridized carbons (Fsp3) is 0.360. The molecule has 0 saturated carbocycles. The average molecular weight is 419 g/mol. The van der Waals surface area contributed by atoms with Gasteiger partial charge in [-0.25, -0.2) is 4.68 Å². The zero-order valence-electron chi connectivity index (χ0n) is 18.2. The summed E-state index contributed by atoms with van der Waals surface area (Å²) in [7, 11) is 1.55. The summed E-state index contributed by atoms with van der Waals surface area (Å²) in [4.78, 5) is 15.4. The van der Waals surface area contributed by atoms with E-state index in [9.17, 15) is 4.79 Å². The highest BCUT2D eigenvalue weighted by Crippen LogP contribution is 2.27. The molecule has 6 heteroatoms. The topological polar surface area (TPSA) is 59.4 Å². The zero-order valence-corrected chi connectivity index (χ0v) is 18.2. The van der Waals surface area contributed by atoms with E-state index in [1.165, 1.54) is 11.1 Å². The molecule has 4 rings (SSSR count). The lowest BCUT2D eigenvalue weighted by Gasteiger charge is -2.33. The summed E-state index contributed by atoms with van der Waals surface area (Å²) >= 11 is 0. The fourth-order valence-corrected chi connectivity index (χ4v) is 4.27. The van der Waals surface area contributed by atoms with E-state index in [0.29, 0.717) is 0 Å². The van der Waals surface area contributed by atoms with Gasteiger partial charge in [-0.15, -0.1) is 0 Å². The fourth-order valence-electron chi connectivity index (χ4n) is 4.27. The molecule has 0 spiro atoms. The molecular formula is C25H30N4O2. The third-order valence-electron chi connectivity index (χ3n) is 6.06. The number of aryl methyl sites for hydroxylation is 1. The predicted molar refractivity (Wildman–Crippen MR) is 122 cm³/mol. The molecule has 1 atom stereocenters. The Kier molecular flexibility index (Phi) is 6.79. The van der Waals surface area contributed by atoms with E-state index in [0.717, 1.165) is 43.9 Å². The first-order valence-electron chi connectivity index (χ1n) is 10.8. The maximum absolute atomic E-state index is 12.9.